The molecule has 15 heavy (non-hydrogen) atoms. The maximum Gasteiger partial charge on any atom is 0.253 e. The van der Waals surface area contributed by atoms with Crippen LogP contribution in [0.5, 0.6) is 0 Å². The molecular formula is C9H21N3O3. The van der Waals surface area contributed by atoms with Crippen LogP contribution < -0.4 is 11.3 Å². The lowest BCUT2D eigenvalue weighted by molar-refractivity contribution is -0.129. The van der Waals surface area contributed by atoms with Gasteiger partial charge in [0.2, 0.25) is 0 Å². The maximum absolute atomic E-state index is 11.5. The highest BCUT2D eigenvalue weighted by Crippen LogP contribution is 2.06. The summed E-state index contributed by atoms with van der Waals surface area (Å²) in [4.78, 5) is 13.3. The molecule has 0 aromatic heterocycles. The number of nitrogens with zero attached hydrogens (tertiary/aromatic N) is 1. The predicted octanol–water partition coefficient (Wildman–Crippen LogP) is -1.31. The van der Waals surface area contributed by atoms with Gasteiger partial charge in [-0.15, -0.1) is 0 Å². The summed E-state index contributed by atoms with van der Waals surface area (Å²) in [5.74, 6) is 4.79. The highest BCUT2D eigenvalue weighted by Gasteiger charge is 2.26. The quantitative estimate of drug-likeness (QED) is 0.281. The van der Waals surface area contributed by atoms with Crippen LogP contribution in [0.1, 0.15) is 13.8 Å². The lowest BCUT2D eigenvalue weighted by Gasteiger charge is -2.32. The Morgan fingerprint density at radius 3 is 2.53 bits per heavy atom. The van der Waals surface area contributed by atoms with E-state index in [1.54, 1.807) is 0 Å². The van der Waals surface area contributed by atoms with Gasteiger partial charge in [-0.05, 0) is 13.8 Å². The number of carbonyl (C=O) groups excluding carboxylic acids is 1. The first kappa shape index (κ1) is 14.3. The molecule has 0 fully saturated rings. The van der Waals surface area contributed by atoms with E-state index in [0.717, 1.165) is 0 Å². The first-order chi connectivity index (χ1) is 7.08. The Bertz CT molecular complexity index is 187. The van der Waals surface area contributed by atoms with Crippen LogP contribution in [0, 0.1) is 0 Å². The minimum Gasteiger partial charge on any atom is -0.395 e. The normalized spacial score (nSPS) is 13.3. The van der Waals surface area contributed by atoms with Crippen molar-refractivity contribution in [1.29, 1.82) is 0 Å². The number of aliphatic hydroxyl groups excluding tert-OH is 1. The average Bonchev–Trinajstić information content (AvgIpc) is 2.21. The van der Waals surface area contributed by atoms with E-state index < -0.39 is 6.04 Å². The molecule has 0 heterocycles. The summed E-state index contributed by atoms with van der Waals surface area (Å²) in [6.07, 6.45) is 0. The zero-order valence-corrected chi connectivity index (χ0v) is 9.56. The van der Waals surface area contributed by atoms with Gasteiger partial charge >= 0.3 is 0 Å². The fraction of sp³-hybridized carbons (Fsp3) is 0.889. The van der Waals surface area contributed by atoms with Crippen LogP contribution in [0.2, 0.25) is 0 Å². The van der Waals surface area contributed by atoms with E-state index in [9.17, 15) is 4.79 Å². The molecule has 6 heteroatoms. The molecule has 0 rings (SSSR count). The van der Waals surface area contributed by atoms with Crippen molar-refractivity contribution >= 4 is 5.91 Å². The van der Waals surface area contributed by atoms with Crippen LogP contribution in [0.25, 0.3) is 0 Å². The lowest BCUT2D eigenvalue weighted by Crippen LogP contribution is -2.54. The van der Waals surface area contributed by atoms with Gasteiger partial charge in [0.15, 0.2) is 0 Å². The van der Waals surface area contributed by atoms with Crippen molar-refractivity contribution in [1.82, 2.24) is 10.3 Å². The van der Waals surface area contributed by atoms with Gasteiger partial charge in [-0.2, -0.15) is 0 Å². The fourth-order valence-electron chi connectivity index (χ4n) is 1.47. The Balaban J connectivity index is 4.58. The van der Waals surface area contributed by atoms with E-state index in [4.69, 9.17) is 15.7 Å². The minimum atomic E-state index is -0.466. The van der Waals surface area contributed by atoms with E-state index in [-0.39, 0.29) is 25.2 Å². The monoisotopic (exact) mass is 219 g/mol. The summed E-state index contributed by atoms with van der Waals surface area (Å²) < 4.78 is 4.96. The Morgan fingerprint density at radius 1 is 1.60 bits per heavy atom. The minimum absolute atomic E-state index is 0.00372. The van der Waals surface area contributed by atoms with Crippen molar-refractivity contribution in [2.45, 2.75) is 25.9 Å². The van der Waals surface area contributed by atoms with E-state index in [1.807, 2.05) is 18.7 Å². The van der Waals surface area contributed by atoms with Gasteiger partial charge in [0.25, 0.3) is 5.91 Å². The number of rotatable bonds is 7. The largest absolute Gasteiger partial charge is 0.395 e. The third-order valence-corrected chi connectivity index (χ3v) is 2.19. The second-order valence-corrected chi connectivity index (χ2v) is 3.53. The van der Waals surface area contributed by atoms with Crippen LogP contribution in [-0.2, 0) is 9.53 Å². The molecule has 90 valence electrons. The van der Waals surface area contributed by atoms with Crippen molar-refractivity contribution in [3.05, 3.63) is 0 Å². The van der Waals surface area contributed by atoms with E-state index in [1.165, 1.54) is 7.11 Å². The Labute approximate surface area is 90.3 Å². The number of methoxy groups -OCH3 is 1. The van der Waals surface area contributed by atoms with Gasteiger partial charge in [-0.3, -0.25) is 15.1 Å². The number of hydrogen-bond acceptors (Lipinski definition) is 5. The second kappa shape index (κ2) is 7.58. The molecule has 1 atom stereocenters. The smallest absolute Gasteiger partial charge is 0.253 e. The molecule has 0 radical (unpaired) electrons. The van der Waals surface area contributed by atoms with Crippen molar-refractivity contribution in [3.8, 4) is 0 Å². The van der Waals surface area contributed by atoms with Gasteiger partial charge in [0.1, 0.15) is 6.04 Å². The number of carbonyl (C=O) groups is 1. The molecule has 6 nitrogen and oxygen atoms in total. The summed E-state index contributed by atoms with van der Waals surface area (Å²) in [6.45, 7) is 4.56. The van der Waals surface area contributed by atoms with Crippen LogP contribution in [0.15, 0.2) is 0 Å². The van der Waals surface area contributed by atoms with Crippen LogP contribution >= 0.6 is 0 Å². The zero-order chi connectivity index (χ0) is 11.8. The number of amides is 1. The molecule has 0 saturated heterocycles. The van der Waals surface area contributed by atoms with E-state index >= 15 is 0 Å². The molecular weight excluding hydrogens is 198 g/mol. The average molecular weight is 219 g/mol. The maximum atomic E-state index is 11.5. The number of ether oxygens (including phenoxy) is 1. The number of hydrogen-bond donors (Lipinski definition) is 3. The van der Waals surface area contributed by atoms with Gasteiger partial charge in [0, 0.05) is 19.7 Å². The summed E-state index contributed by atoms with van der Waals surface area (Å²) >= 11 is 0. The molecule has 4 N–H and O–H groups in total. The van der Waals surface area contributed by atoms with Crippen molar-refractivity contribution in [3.63, 3.8) is 0 Å². The third kappa shape index (κ3) is 4.57. The van der Waals surface area contributed by atoms with Crippen molar-refractivity contribution in [2.75, 3.05) is 26.9 Å². The number of hydrazine groups is 1. The number of aliphatic hydroxyl groups is 1. The summed E-state index contributed by atoms with van der Waals surface area (Å²) in [5.41, 5.74) is 2.10. The molecule has 0 bridgehead atoms. The van der Waals surface area contributed by atoms with Crippen molar-refractivity contribution < 1.29 is 14.6 Å². The third-order valence-electron chi connectivity index (χ3n) is 2.19. The fourth-order valence-corrected chi connectivity index (χ4v) is 1.47. The highest BCUT2D eigenvalue weighted by atomic mass is 16.5. The molecule has 0 aliphatic carbocycles. The molecule has 1 unspecified atom stereocenters. The van der Waals surface area contributed by atoms with E-state index in [2.05, 4.69) is 5.43 Å². The lowest BCUT2D eigenvalue weighted by atomic mass is 10.2. The standard InChI is InChI=1S/C9H21N3O3/c1-7(2)12(4-5-13)8(6-15-3)9(14)11-10/h7-8,13H,4-6,10H2,1-3H3,(H,11,14). The molecule has 0 aliphatic rings. The topological polar surface area (TPSA) is 87.8 Å². The van der Waals surface area contributed by atoms with Crippen LogP contribution in [0.4, 0.5) is 0 Å². The highest BCUT2D eigenvalue weighted by molar-refractivity contribution is 5.81. The zero-order valence-electron chi connectivity index (χ0n) is 9.56. The molecule has 0 aliphatic heterocycles. The summed E-state index contributed by atoms with van der Waals surface area (Å²) in [7, 11) is 1.52. The Kier molecular flexibility index (Phi) is 7.23. The van der Waals surface area contributed by atoms with Crippen LogP contribution in [0.3, 0.4) is 0 Å². The number of nitrogens with one attached hydrogen (secondary N) is 1. The predicted molar refractivity (Wildman–Crippen MR) is 56.9 cm³/mol. The van der Waals surface area contributed by atoms with Gasteiger partial charge < -0.3 is 9.84 Å². The molecule has 0 spiro atoms. The van der Waals surface area contributed by atoms with Crippen molar-refractivity contribution in [2.24, 2.45) is 5.84 Å². The molecule has 0 saturated carbocycles. The molecule has 0 aromatic carbocycles. The van der Waals surface area contributed by atoms with Gasteiger partial charge in [-0.25, -0.2) is 5.84 Å². The second-order valence-electron chi connectivity index (χ2n) is 3.53. The first-order valence-electron chi connectivity index (χ1n) is 4.94. The summed E-state index contributed by atoms with van der Waals surface area (Å²) in [6, 6.07) is -0.332. The number of nitrogens with two attached hydrogens (primary N) is 1. The van der Waals surface area contributed by atoms with Gasteiger partial charge in [0.05, 0.1) is 13.2 Å². The Morgan fingerprint density at radius 2 is 2.20 bits per heavy atom. The summed E-state index contributed by atoms with van der Waals surface area (Å²) in [5, 5.41) is 8.91. The van der Waals surface area contributed by atoms with Gasteiger partial charge in [-0.1, -0.05) is 0 Å². The molecule has 0 aromatic rings. The molecule has 1 amide bonds. The Hall–Kier alpha value is -0.690. The SMILES string of the molecule is COCC(C(=O)NN)N(CCO)C(C)C. The van der Waals surface area contributed by atoms with E-state index in [0.29, 0.717) is 6.54 Å². The first-order valence-corrected chi connectivity index (χ1v) is 4.94. The van der Waals surface area contributed by atoms with Crippen LogP contribution in [-0.4, -0.2) is 54.9 Å².